The van der Waals surface area contributed by atoms with Crippen molar-refractivity contribution in [1.82, 2.24) is 5.01 Å². The molecule has 1 N–H and O–H groups in total. The molecule has 0 aromatic heterocycles. The highest BCUT2D eigenvalue weighted by Gasteiger charge is 2.47. The van der Waals surface area contributed by atoms with Gasteiger partial charge in [-0.2, -0.15) is 5.01 Å². The lowest BCUT2D eigenvalue weighted by molar-refractivity contribution is -0.149. The summed E-state index contributed by atoms with van der Waals surface area (Å²) < 4.78 is 6.35. The fraction of sp³-hybridized carbons (Fsp3) is 0.192. The standard InChI is InChI=1S/C26H25N3O3/c1-4-26(21-13-6-5-7-14-21)29(19(3)30)28-25(32-26)20-12-10-15-22(17-20)27-24(31)23-16-9-8-11-18(23)2/h5-17H,4H2,1-3H3,(H,27,31)/t26-/m0/s1. The minimum Gasteiger partial charge on any atom is -0.443 e. The van der Waals surface area contributed by atoms with E-state index < -0.39 is 5.72 Å². The zero-order valence-corrected chi connectivity index (χ0v) is 18.3. The van der Waals surface area contributed by atoms with Gasteiger partial charge in [-0.05, 0) is 36.8 Å². The van der Waals surface area contributed by atoms with Crippen molar-refractivity contribution in [1.29, 1.82) is 0 Å². The van der Waals surface area contributed by atoms with E-state index in [0.29, 0.717) is 29.1 Å². The Bertz CT molecular complexity index is 1190. The summed E-state index contributed by atoms with van der Waals surface area (Å²) in [6, 6.07) is 24.3. The summed E-state index contributed by atoms with van der Waals surface area (Å²) in [4.78, 5) is 25.2. The maximum atomic E-state index is 12.7. The number of ether oxygens (including phenoxy) is 1. The minimum atomic E-state index is -1.01. The fourth-order valence-corrected chi connectivity index (χ4v) is 3.90. The van der Waals surface area contributed by atoms with Gasteiger partial charge in [0.1, 0.15) is 0 Å². The van der Waals surface area contributed by atoms with Crippen LogP contribution in [0.25, 0.3) is 0 Å². The van der Waals surface area contributed by atoms with Gasteiger partial charge in [0.2, 0.25) is 17.5 Å². The van der Waals surface area contributed by atoms with E-state index in [-0.39, 0.29) is 11.8 Å². The van der Waals surface area contributed by atoms with E-state index in [4.69, 9.17) is 4.74 Å². The molecule has 0 radical (unpaired) electrons. The number of amides is 2. The summed E-state index contributed by atoms with van der Waals surface area (Å²) in [5.74, 6) is -0.0697. The summed E-state index contributed by atoms with van der Waals surface area (Å²) in [5.41, 5.74) is 2.64. The summed E-state index contributed by atoms with van der Waals surface area (Å²) in [7, 11) is 0. The largest absolute Gasteiger partial charge is 0.443 e. The fourth-order valence-electron chi connectivity index (χ4n) is 3.90. The molecule has 1 heterocycles. The van der Waals surface area contributed by atoms with E-state index in [1.165, 1.54) is 11.9 Å². The molecule has 6 nitrogen and oxygen atoms in total. The van der Waals surface area contributed by atoms with Crippen LogP contribution in [-0.2, 0) is 15.3 Å². The van der Waals surface area contributed by atoms with Crippen LogP contribution in [-0.4, -0.2) is 22.7 Å². The summed E-state index contributed by atoms with van der Waals surface area (Å²) in [6.07, 6.45) is 0.521. The quantitative estimate of drug-likeness (QED) is 0.619. The lowest BCUT2D eigenvalue weighted by atomic mass is 9.99. The molecule has 1 aliphatic heterocycles. The van der Waals surface area contributed by atoms with Gasteiger partial charge in [-0.25, -0.2) is 0 Å². The molecule has 4 rings (SSSR count). The molecule has 0 saturated heterocycles. The number of carbonyl (C=O) groups is 2. The maximum absolute atomic E-state index is 12.7. The molecule has 0 unspecified atom stereocenters. The third-order valence-corrected chi connectivity index (χ3v) is 5.56. The monoisotopic (exact) mass is 427 g/mol. The number of hydrogen-bond donors (Lipinski definition) is 1. The smallest absolute Gasteiger partial charge is 0.255 e. The molecular formula is C26H25N3O3. The first kappa shape index (κ1) is 21.3. The maximum Gasteiger partial charge on any atom is 0.255 e. The normalized spacial score (nSPS) is 17.5. The molecule has 6 heteroatoms. The lowest BCUT2D eigenvalue weighted by Crippen LogP contribution is -2.43. The molecule has 0 bridgehead atoms. The third-order valence-electron chi connectivity index (χ3n) is 5.56. The second kappa shape index (κ2) is 8.67. The Balaban J connectivity index is 1.64. The first-order chi connectivity index (χ1) is 15.4. The van der Waals surface area contributed by atoms with Gasteiger partial charge in [0.25, 0.3) is 5.91 Å². The van der Waals surface area contributed by atoms with Crippen LogP contribution >= 0.6 is 0 Å². The molecule has 3 aromatic carbocycles. The number of hydrazone groups is 1. The first-order valence-corrected chi connectivity index (χ1v) is 10.6. The van der Waals surface area contributed by atoms with Crippen molar-refractivity contribution in [2.45, 2.75) is 32.9 Å². The Hall–Kier alpha value is -3.93. The molecule has 1 atom stereocenters. The van der Waals surface area contributed by atoms with Crippen molar-refractivity contribution in [2.75, 3.05) is 5.32 Å². The topological polar surface area (TPSA) is 71.0 Å². The molecule has 2 amide bonds. The summed E-state index contributed by atoms with van der Waals surface area (Å²) in [6.45, 7) is 5.33. The van der Waals surface area contributed by atoms with Crippen LogP contribution < -0.4 is 5.32 Å². The van der Waals surface area contributed by atoms with Gasteiger partial charge in [-0.3, -0.25) is 9.59 Å². The Morgan fingerprint density at radius 3 is 2.41 bits per heavy atom. The van der Waals surface area contributed by atoms with Crippen molar-refractivity contribution in [3.05, 3.63) is 101 Å². The van der Waals surface area contributed by atoms with E-state index in [0.717, 1.165) is 11.1 Å². The Kier molecular flexibility index (Phi) is 5.77. The lowest BCUT2D eigenvalue weighted by Gasteiger charge is -2.33. The predicted molar refractivity (Wildman–Crippen MR) is 124 cm³/mol. The number of anilines is 1. The number of rotatable bonds is 5. The molecule has 0 saturated carbocycles. The van der Waals surface area contributed by atoms with E-state index in [9.17, 15) is 9.59 Å². The molecule has 3 aromatic rings. The van der Waals surface area contributed by atoms with Crippen LogP contribution in [0, 0.1) is 6.92 Å². The highest BCUT2D eigenvalue weighted by molar-refractivity contribution is 6.06. The molecule has 32 heavy (non-hydrogen) atoms. The highest BCUT2D eigenvalue weighted by atomic mass is 16.6. The van der Waals surface area contributed by atoms with Crippen LogP contribution in [0.15, 0.2) is 84.0 Å². The van der Waals surface area contributed by atoms with Crippen LogP contribution in [0.1, 0.15) is 47.3 Å². The molecular weight excluding hydrogens is 402 g/mol. The zero-order valence-electron chi connectivity index (χ0n) is 18.3. The molecule has 0 fully saturated rings. The Morgan fingerprint density at radius 2 is 1.72 bits per heavy atom. The predicted octanol–water partition coefficient (Wildman–Crippen LogP) is 5.05. The van der Waals surface area contributed by atoms with Gasteiger partial charge in [0.15, 0.2) is 0 Å². The van der Waals surface area contributed by atoms with E-state index >= 15 is 0 Å². The van der Waals surface area contributed by atoms with Crippen molar-refractivity contribution < 1.29 is 14.3 Å². The van der Waals surface area contributed by atoms with Gasteiger partial charge in [0, 0.05) is 35.7 Å². The van der Waals surface area contributed by atoms with E-state index in [2.05, 4.69) is 10.4 Å². The number of carbonyl (C=O) groups excluding carboxylic acids is 2. The summed E-state index contributed by atoms with van der Waals surface area (Å²) in [5, 5.41) is 8.85. The number of aryl methyl sites for hydroxylation is 1. The highest BCUT2D eigenvalue weighted by Crippen LogP contribution is 2.39. The van der Waals surface area contributed by atoms with Crippen molar-refractivity contribution in [3.63, 3.8) is 0 Å². The van der Waals surface area contributed by atoms with E-state index in [1.807, 2.05) is 80.6 Å². The van der Waals surface area contributed by atoms with Crippen LogP contribution in [0.5, 0.6) is 0 Å². The van der Waals surface area contributed by atoms with Crippen molar-refractivity contribution in [3.8, 4) is 0 Å². The number of nitrogens with zero attached hydrogens (tertiary/aromatic N) is 2. The minimum absolute atomic E-state index is 0.188. The number of hydrogen-bond acceptors (Lipinski definition) is 4. The van der Waals surface area contributed by atoms with Gasteiger partial charge >= 0.3 is 0 Å². The van der Waals surface area contributed by atoms with Crippen LogP contribution in [0.2, 0.25) is 0 Å². The molecule has 162 valence electrons. The van der Waals surface area contributed by atoms with Crippen molar-refractivity contribution in [2.24, 2.45) is 5.10 Å². The van der Waals surface area contributed by atoms with Gasteiger partial charge in [-0.15, -0.1) is 5.10 Å². The second-order valence-corrected chi connectivity index (χ2v) is 7.69. The third kappa shape index (κ3) is 3.87. The second-order valence-electron chi connectivity index (χ2n) is 7.69. The molecule has 0 aliphatic carbocycles. The Labute approximate surface area is 187 Å². The van der Waals surface area contributed by atoms with Gasteiger partial charge in [0.05, 0.1) is 0 Å². The molecule has 1 aliphatic rings. The average molecular weight is 428 g/mol. The van der Waals surface area contributed by atoms with E-state index in [1.54, 1.807) is 12.1 Å². The SMILES string of the molecule is CC[C@@]1(c2ccccc2)OC(c2cccc(NC(=O)c3ccccc3C)c2)=NN1C(C)=O. The average Bonchev–Trinajstić information content (AvgIpc) is 3.22. The number of benzene rings is 3. The van der Waals surface area contributed by atoms with Gasteiger partial charge < -0.3 is 10.1 Å². The van der Waals surface area contributed by atoms with Crippen LogP contribution in [0.4, 0.5) is 5.69 Å². The summed E-state index contributed by atoms with van der Waals surface area (Å²) >= 11 is 0. The molecule has 0 spiro atoms. The first-order valence-electron chi connectivity index (χ1n) is 10.6. The number of nitrogens with one attached hydrogen (secondary N) is 1. The Morgan fingerprint density at radius 1 is 1.00 bits per heavy atom. The van der Waals surface area contributed by atoms with Gasteiger partial charge in [-0.1, -0.05) is 61.5 Å². The van der Waals surface area contributed by atoms with Crippen LogP contribution in [0.3, 0.4) is 0 Å². The van der Waals surface area contributed by atoms with Crippen molar-refractivity contribution >= 4 is 23.4 Å². The zero-order chi connectivity index (χ0) is 22.7.